The summed E-state index contributed by atoms with van der Waals surface area (Å²) in [7, 11) is 0. The van der Waals surface area contributed by atoms with Crippen LogP contribution in [0.2, 0.25) is 10.0 Å². The Labute approximate surface area is 99.5 Å². The second kappa shape index (κ2) is 5.17. The fourth-order valence-corrected chi connectivity index (χ4v) is 2.11. The van der Waals surface area contributed by atoms with Crippen molar-refractivity contribution in [2.24, 2.45) is 0 Å². The third-order valence-corrected chi connectivity index (χ3v) is 3.31. The van der Waals surface area contributed by atoms with E-state index in [2.05, 4.69) is 5.32 Å². The molecule has 2 nitrogen and oxygen atoms in total. The van der Waals surface area contributed by atoms with Gasteiger partial charge in [-0.15, -0.1) is 0 Å². The maximum Gasteiger partial charge on any atom is 0.0964 e. The lowest BCUT2D eigenvalue weighted by Crippen LogP contribution is -2.20. The summed E-state index contributed by atoms with van der Waals surface area (Å²) in [5.74, 6) is 0. The summed E-state index contributed by atoms with van der Waals surface area (Å²) in [6, 6.07) is 5.65. The summed E-state index contributed by atoms with van der Waals surface area (Å²) in [5.41, 5.74) is 0.971. The molecule has 1 fully saturated rings. The molecule has 0 saturated carbocycles. The van der Waals surface area contributed by atoms with Gasteiger partial charge in [0, 0.05) is 18.7 Å². The molecule has 1 N–H and O–H groups in total. The number of hydrogen-bond donors (Lipinski definition) is 1. The summed E-state index contributed by atoms with van der Waals surface area (Å²) < 4.78 is 5.72. The van der Waals surface area contributed by atoms with Crippen molar-refractivity contribution in [3.63, 3.8) is 0 Å². The van der Waals surface area contributed by atoms with Crippen LogP contribution in [0.25, 0.3) is 0 Å². The highest BCUT2D eigenvalue weighted by atomic mass is 35.5. The van der Waals surface area contributed by atoms with Crippen molar-refractivity contribution in [2.45, 2.75) is 12.5 Å². The van der Waals surface area contributed by atoms with Crippen LogP contribution in [-0.2, 0) is 4.74 Å². The molecule has 82 valence electrons. The molecule has 15 heavy (non-hydrogen) atoms. The van der Waals surface area contributed by atoms with Crippen molar-refractivity contribution in [3.05, 3.63) is 33.8 Å². The Bertz CT molecular complexity index is 335. The smallest absolute Gasteiger partial charge is 0.0964 e. The Kier molecular flexibility index (Phi) is 3.87. The van der Waals surface area contributed by atoms with Crippen molar-refractivity contribution < 1.29 is 4.74 Å². The molecule has 0 radical (unpaired) electrons. The van der Waals surface area contributed by atoms with Crippen molar-refractivity contribution in [1.29, 1.82) is 0 Å². The van der Waals surface area contributed by atoms with Gasteiger partial charge in [0.15, 0.2) is 0 Å². The Balaban J connectivity index is 2.23. The SMILES string of the molecule is Clc1cccc(C2CNCCCO2)c1Cl. The lowest BCUT2D eigenvalue weighted by molar-refractivity contribution is 0.0670. The van der Waals surface area contributed by atoms with E-state index >= 15 is 0 Å². The van der Waals surface area contributed by atoms with Crippen LogP contribution in [0.1, 0.15) is 18.1 Å². The fraction of sp³-hybridized carbons (Fsp3) is 0.455. The molecule has 1 aliphatic rings. The maximum absolute atomic E-state index is 6.14. The predicted octanol–water partition coefficient (Wildman–Crippen LogP) is 3.04. The Hall–Kier alpha value is -0.280. The molecular formula is C11H13Cl2NO. The Morgan fingerprint density at radius 1 is 1.33 bits per heavy atom. The van der Waals surface area contributed by atoms with Crippen LogP contribution in [0.3, 0.4) is 0 Å². The van der Waals surface area contributed by atoms with Gasteiger partial charge in [-0.1, -0.05) is 35.3 Å². The molecule has 0 aliphatic carbocycles. The fourth-order valence-electron chi connectivity index (χ4n) is 1.68. The van der Waals surface area contributed by atoms with Crippen LogP contribution < -0.4 is 5.32 Å². The first-order valence-electron chi connectivity index (χ1n) is 5.05. The van der Waals surface area contributed by atoms with Crippen molar-refractivity contribution >= 4 is 23.2 Å². The highest BCUT2D eigenvalue weighted by molar-refractivity contribution is 6.42. The number of hydrogen-bond acceptors (Lipinski definition) is 2. The molecule has 1 unspecified atom stereocenters. The second-order valence-corrected chi connectivity index (χ2v) is 4.35. The van der Waals surface area contributed by atoms with E-state index in [4.69, 9.17) is 27.9 Å². The molecular weight excluding hydrogens is 233 g/mol. The summed E-state index contributed by atoms with van der Waals surface area (Å²) in [4.78, 5) is 0. The molecule has 1 aromatic carbocycles. The molecule has 1 aromatic rings. The van der Waals surface area contributed by atoms with Crippen LogP contribution in [0.4, 0.5) is 0 Å². The molecule has 1 heterocycles. The first kappa shape index (κ1) is 11.2. The van der Waals surface area contributed by atoms with E-state index in [-0.39, 0.29) is 6.10 Å². The summed E-state index contributed by atoms with van der Waals surface area (Å²) >= 11 is 12.1. The first-order valence-corrected chi connectivity index (χ1v) is 5.81. The number of halogens is 2. The molecule has 0 bridgehead atoms. The Morgan fingerprint density at radius 2 is 2.20 bits per heavy atom. The van der Waals surface area contributed by atoms with Crippen LogP contribution >= 0.6 is 23.2 Å². The van der Waals surface area contributed by atoms with E-state index < -0.39 is 0 Å². The molecule has 0 spiro atoms. The average Bonchev–Trinajstić information content (AvgIpc) is 2.50. The van der Waals surface area contributed by atoms with Gasteiger partial charge in [-0.25, -0.2) is 0 Å². The largest absolute Gasteiger partial charge is 0.372 e. The zero-order valence-corrected chi connectivity index (χ0v) is 9.81. The summed E-state index contributed by atoms with van der Waals surface area (Å²) in [6.07, 6.45) is 1.05. The van der Waals surface area contributed by atoms with Gasteiger partial charge in [-0.2, -0.15) is 0 Å². The molecule has 4 heteroatoms. The van der Waals surface area contributed by atoms with Crippen LogP contribution in [0.5, 0.6) is 0 Å². The van der Waals surface area contributed by atoms with Gasteiger partial charge in [0.1, 0.15) is 0 Å². The van der Waals surface area contributed by atoms with Gasteiger partial charge in [0.25, 0.3) is 0 Å². The van der Waals surface area contributed by atoms with Crippen LogP contribution in [-0.4, -0.2) is 19.7 Å². The van der Waals surface area contributed by atoms with E-state index in [0.717, 1.165) is 31.7 Å². The van der Waals surface area contributed by atoms with Crippen LogP contribution in [0, 0.1) is 0 Å². The molecule has 1 aliphatic heterocycles. The van der Waals surface area contributed by atoms with Gasteiger partial charge in [0.2, 0.25) is 0 Å². The van der Waals surface area contributed by atoms with E-state index in [9.17, 15) is 0 Å². The zero-order valence-electron chi connectivity index (χ0n) is 8.30. The van der Waals surface area contributed by atoms with E-state index in [1.54, 1.807) is 6.07 Å². The number of benzene rings is 1. The Morgan fingerprint density at radius 3 is 3.07 bits per heavy atom. The molecule has 0 amide bonds. The summed E-state index contributed by atoms with van der Waals surface area (Å²) in [6.45, 7) is 2.55. The maximum atomic E-state index is 6.14. The third kappa shape index (κ3) is 2.64. The quantitative estimate of drug-likeness (QED) is 0.822. The average molecular weight is 246 g/mol. The standard InChI is InChI=1S/C11H13Cl2NO/c12-9-4-1-3-8(11(9)13)10-7-14-5-2-6-15-10/h1,3-4,10,14H,2,5-7H2. The molecule has 2 rings (SSSR count). The minimum Gasteiger partial charge on any atom is -0.372 e. The lowest BCUT2D eigenvalue weighted by Gasteiger charge is -2.17. The van der Waals surface area contributed by atoms with Crippen molar-refractivity contribution in [2.75, 3.05) is 19.7 Å². The van der Waals surface area contributed by atoms with Gasteiger partial charge in [-0.3, -0.25) is 0 Å². The zero-order chi connectivity index (χ0) is 10.7. The number of nitrogens with one attached hydrogen (secondary N) is 1. The molecule has 1 saturated heterocycles. The molecule has 0 aromatic heterocycles. The number of ether oxygens (including phenoxy) is 1. The second-order valence-electron chi connectivity index (χ2n) is 3.56. The van der Waals surface area contributed by atoms with Gasteiger partial charge in [0.05, 0.1) is 16.1 Å². The minimum atomic E-state index is 0.0127. The van der Waals surface area contributed by atoms with Crippen molar-refractivity contribution in [3.8, 4) is 0 Å². The summed E-state index contributed by atoms with van der Waals surface area (Å²) in [5, 5.41) is 4.51. The predicted molar refractivity (Wildman–Crippen MR) is 62.6 cm³/mol. The number of rotatable bonds is 1. The lowest BCUT2D eigenvalue weighted by atomic mass is 10.1. The normalized spacial score (nSPS) is 22.4. The highest BCUT2D eigenvalue weighted by Gasteiger charge is 2.18. The highest BCUT2D eigenvalue weighted by Crippen LogP contribution is 2.31. The van der Waals surface area contributed by atoms with Crippen molar-refractivity contribution in [1.82, 2.24) is 5.32 Å². The van der Waals surface area contributed by atoms with Gasteiger partial charge >= 0.3 is 0 Å². The third-order valence-electron chi connectivity index (χ3n) is 2.48. The van der Waals surface area contributed by atoms with E-state index in [0.29, 0.717) is 10.0 Å². The van der Waals surface area contributed by atoms with E-state index in [1.165, 1.54) is 0 Å². The van der Waals surface area contributed by atoms with Crippen LogP contribution in [0.15, 0.2) is 18.2 Å². The first-order chi connectivity index (χ1) is 7.29. The minimum absolute atomic E-state index is 0.0127. The topological polar surface area (TPSA) is 21.3 Å². The van der Waals surface area contributed by atoms with E-state index in [1.807, 2.05) is 12.1 Å². The van der Waals surface area contributed by atoms with Gasteiger partial charge in [-0.05, 0) is 19.0 Å². The monoisotopic (exact) mass is 245 g/mol. The van der Waals surface area contributed by atoms with Gasteiger partial charge < -0.3 is 10.1 Å². The molecule has 1 atom stereocenters.